The molecule has 2 aromatic rings. The van der Waals surface area contributed by atoms with Gasteiger partial charge in [0.2, 0.25) is 21.8 Å². The molecule has 2 rings (SSSR count). The van der Waals surface area contributed by atoms with Gasteiger partial charge in [-0.1, -0.05) is 59.6 Å². The number of hydrogen-bond donors (Lipinski definition) is 1. The summed E-state index contributed by atoms with van der Waals surface area (Å²) in [6.07, 6.45) is 1.03. The number of halogens is 2. The van der Waals surface area contributed by atoms with E-state index in [0.29, 0.717) is 11.6 Å². The highest BCUT2D eigenvalue weighted by molar-refractivity contribution is 9.10. The average molecular weight is 573 g/mol. The summed E-state index contributed by atoms with van der Waals surface area (Å²) in [5, 5.41) is 3.25. The molecule has 0 aromatic heterocycles. The third-order valence-electron chi connectivity index (χ3n) is 5.24. The minimum absolute atomic E-state index is 0.147. The van der Waals surface area contributed by atoms with Crippen molar-refractivity contribution in [2.45, 2.75) is 40.3 Å². The van der Waals surface area contributed by atoms with E-state index < -0.39 is 28.5 Å². The maximum absolute atomic E-state index is 13.5. The molecule has 1 atom stereocenters. The molecule has 34 heavy (non-hydrogen) atoms. The molecule has 10 heteroatoms. The fourth-order valence-electron chi connectivity index (χ4n) is 3.17. The van der Waals surface area contributed by atoms with E-state index in [9.17, 15) is 18.0 Å². The van der Waals surface area contributed by atoms with Crippen LogP contribution in [-0.4, -0.2) is 50.5 Å². The molecule has 0 aliphatic rings. The van der Waals surface area contributed by atoms with Crippen LogP contribution in [0.25, 0.3) is 0 Å². The maximum atomic E-state index is 13.5. The van der Waals surface area contributed by atoms with Crippen LogP contribution in [0.2, 0.25) is 5.02 Å². The first kappa shape index (κ1) is 28.1. The Labute approximate surface area is 215 Å². The molecule has 0 bridgehead atoms. The quantitative estimate of drug-likeness (QED) is 0.458. The third-order valence-corrected chi connectivity index (χ3v) is 7.32. The molecule has 1 N–H and O–H groups in total. The molecule has 0 heterocycles. The summed E-state index contributed by atoms with van der Waals surface area (Å²) in [7, 11) is -3.80. The first-order chi connectivity index (χ1) is 15.8. The molecule has 1 unspecified atom stereocenters. The van der Waals surface area contributed by atoms with Gasteiger partial charge in [-0.2, -0.15) is 0 Å². The minimum Gasteiger partial charge on any atom is -0.354 e. The lowest BCUT2D eigenvalue weighted by Gasteiger charge is -2.31. The Balaban J connectivity index is 2.37. The van der Waals surface area contributed by atoms with E-state index in [4.69, 9.17) is 11.6 Å². The molecule has 0 aliphatic heterocycles. The van der Waals surface area contributed by atoms with Crippen molar-refractivity contribution < 1.29 is 18.0 Å². The summed E-state index contributed by atoms with van der Waals surface area (Å²) in [6, 6.07) is 11.4. The SMILES string of the molecule is Cc1ccc(N(CC(=O)N(Cc2ccc(Br)cc2)C(C)C(=O)NCC(C)C)S(C)(=O)=O)cc1Cl. The summed E-state index contributed by atoms with van der Waals surface area (Å²) >= 11 is 9.60. The number of anilines is 1. The van der Waals surface area contributed by atoms with Crippen molar-refractivity contribution in [1.29, 1.82) is 0 Å². The normalized spacial score (nSPS) is 12.4. The van der Waals surface area contributed by atoms with E-state index in [1.165, 1.54) is 11.0 Å². The van der Waals surface area contributed by atoms with Crippen LogP contribution in [0, 0.1) is 12.8 Å². The topological polar surface area (TPSA) is 86.8 Å². The number of nitrogens with zero attached hydrogens (tertiary/aromatic N) is 2. The highest BCUT2D eigenvalue weighted by Crippen LogP contribution is 2.25. The average Bonchev–Trinajstić information content (AvgIpc) is 2.76. The van der Waals surface area contributed by atoms with Gasteiger partial charge >= 0.3 is 0 Å². The standard InChI is InChI=1S/C24H31BrClN3O4S/c1-16(2)13-27-24(31)18(4)28(14-19-7-9-20(25)10-8-19)23(30)15-29(34(5,32)33)21-11-6-17(3)22(26)12-21/h6-12,16,18H,13-15H2,1-5H3,(H,27,31). The number of sulfonamides is 1. The Morgan fingerprint density at radius 2 is 1.71 bits per heavy atom. The van der Waals surface area contributed by atoms with Gasteiger partial charge in [0.25, 0.3) is 0 Å². The van der Waals surface area contributed by atoms with Gasteiger partial charge in [0.15, 0.2) is 0 Å². The Bertz CT molecular complexity index is 1120. The van der Waals surface area contributed by atoms with E-state index in [1.54, 1.807) is 26.0 Å². The van der Waals surface area contributed by atoms with Crippen molar-refractivity contribution in [1.82, 2.24) is 10.2 Å². The van der Waals surface area contributed by atoms with Crippen molar-refractivity contribution in [2.75, 3.05) is 23.7 Å². The number of amides is 2. The zero-order valence-corrected chi connectivity index (χ0v) is 23.2. The van der Waals surface area contributed by atoms with Gasteiger partial charge in [0.05, 0.1) is 11.9 Å². The van der Waals surface area contributed by atoms with E-state index in [-0.39, 0.29) is 24.1 Å². The minimum atomic E-state index is -3.80. The van der Waals surface area contributed by atoms with E-state index in [2.05, 4.69) is 21.2 Å². The van der Waals surface area contributed by atoms with Crippen LogP contribution in [0.4, 0.5) is 5.69 Å². The van der Waals surface area contributed by atoms with Gasteiger partial charge in [-0.3, -0.25) is 13.9 Å². The summed E-state index contributed by atoms with van der Waals surface area (Å²) in [6.45, 7) is 7.56. The molecule has 0 saturated heterocycles. The Kier molecular flexibility index (Phi) is 9.96. The lowest BCUT2D eigenvalue weighted by atomic mass is 10.1. The van der Waals surface area contributed by atoms with Gasteiger partial charge < -0.3 is 10.2 Å². The summed E-state index contributed by atoms with van der Waals surface area (Å²) < 4.78 is 27.1. The van der Waals surface area contributed by atoms with Gasteiger partial charge in [0, 0.05) is 22.6 Å². The van der Waals surface area contributed by atoms with Crippen molar-refractivity contribution in [3.63, 3.8) is 0 Å². The van der Waals surface area contributed by atoms with Crippen LogP contribution in [-0.2, 0) is 26.2 Å². The number of carbonyl (C=O) groups is 2. The molecule has 0 fully saturated rings. The predicted molar refractivity (Wildman–Crippen MR) is 140 cm³/mol. The number of aryl methyl sites for hydroxylation is 1. The number of benzene rings is 2. The Hall–Kier alpha value is -2.10. The molecule has 2 aromatic carbocycles. The van der Waals surface area contributed by atoms with Crippen LogP contribution < -0.4 is 9.62 Å². The monoisotopic (exact) mass is 571 g/mol. The van der Waals surface area contributed by atoms with Crippen molar-refractivity contribution in [3.8, 4) is 0 Å². The lowest BCUT2D eigenvalue weighted by molar-refractivity contribution is -0.139. The first-order valence-corrected chi connectivity index (χ1v) is 13.9. The van der Waals surface area contributed by atoms with E-state index in [0.717, 1.165) is 26.2 Å². The molecule has 7 nitrogen and oxygen atoms in total. The molecule has 0 saturated carbocycles. The molecule has 0 aliphatic carbocycles. The molecular formula is C24H31BrClN3O4S. The van der Waals surface area contributed by atoms with Crippen LogP contribution in [0.15, 0.2) is 46.9 Å². The van der Waals surface area contributed by atoms with Gasteiger partial charge in [-0.25, -0.2) is 8.42 Å². The molecule has 186 valence electrons. The fourth-order valence-corrected chi connectivity index (χ4v) is 4.45. The number of rotatable bonds is 10. The van der Waals surface area contributed by atoms with Crippen LogP contribution in [0.5, 0.6) is 0 Å². The van der Waals surface area contributed by atoms with Crippen LogP contribution in [0.1, 0.15) is 31.9 Å². The predicted octanol–water partition coefficient (Wildman–Crippen LogP) is 4.37. The Morgan fingerprint density at radius 3 is 2.24 bits per heavy atom. The van der Waals surface area contributed by atoms with Gasteiger partial charge in [0.1, 0.15) is 12.6 Å². The largest absolute Gasteiger partial charge is 0.354 e. The first-order valence-electron chi connectivity index (χ1n) is 10.8. The van der Waals surface area contributed by atoms with Crippen molar-refractivity contribution in [3.05, 3.63) is 63.1 Å². The number of nitrogens with one attached hydrogen (secondary N) is 1. The van der Waals surface area contributed by atoms with Crippen LogP contribution >= 0.6 is 27.5 Å². The number of hydrogen-bond acceptors (Lipinski definition) is 4. The lowest BCUT2D eigenvalue weighted by Crippen LogP contribution is -2.51. The second-order valence-corrected chi connectivity index (χ2v) is 11.9. The third kappa shape index (κ3) is 7.99. The molecule has 0 radical (unpaired) electrons. The highest BCUT2D eigenvalue weighted by Gasteiger charge is 2.30. The summed E-state index contributed by atoms with van der Waals surface area (Å²) in [5.41, 5.74) is 1.88. The molecular weight excluding hydrogens is 542 g/mol. The van der Waals surface area contributed by atoms with E-state index in [1.807, 2.05) is 38.1 Å². The van der Waals surface area contributed by atoms with Crippen molar-refractivity contribution >= 4 is 55.1 Å². The van der Waals surface area contributed by atoms with Crippen molar-refractivity contribution in [2.24, 2.45) is 5.92 Å². The zero-order valence-electron chi connectivity index (χ0n) is 20.0. The highest BCUT2D eigenvalue weighted by atomic mass is 79.9. The second-order valence-electron chi connectivity index (χ2n) is 8.67. The smallest absolute Gasteiger partial charge is 0.244 e. The summed E-state index contributed by atoms with van der Waals surface area (Å²) in [4.78, 5) is 27.7. The fraction of sp³-hybridized carbons (Fsp3) is 0.417. The van der Waals surface area contributed by atoms with E-state index >= 15 is 0 Å². The van der Waals surface area contributed by atoms with Gasteiger partial charge in [-0.15, -0.1) is 0 Å². The van der Waals surface area contributed by atoms with Crippen LogP contribution in [0.3, 0.4) is 0 Å². The zero-order chi connectivity index (χ0) is 25.6. The molecule has 2 amide bonds. The number of carbonyl (C=O) groups excluding carboxylic acids is 2. The maximum Gasteiger partial charge on any atom is 0.244 e. The van der Waals surface area contributed by atoms with Gasteiger partial charge in [-0.05, 0) is 55.2 Å². The molecule has 0 spiro atoms. The second kappa shape index (κ2) is 12.0. The summed E-state index contributed by atoms with van der Waals surface area (Å²) in [5.74, 6) is -0.556. The Morgan fingerprint density at radius 1 is 1.09 bits per heavy atom.